The molecule has 0 aliphatic carbocycles. The number of fused-ring (bicyclic) bond motifs is 1. The highest BCUT2D eigenvalue weighted by atomic mass is 16.6. The summed E-state index contributed by atoms with van der Waals surface area (Å²) in [7, 11) is 1.56. The van der Waals surface area contributed by atoms with Crippen LogP contribution in [0.25, 0.3) is 10.8 Å². The molecule has 1 N–H and O–H groups in total. The maximum absolute atomic E-state index is 13.2. The Morgan fingerprint density at radius 3 is 2.69 bits per heavy atom. The van der Waals surface area contributed by atoms with Gasteiger partial charge in [-0.2, -0.15) is 4.73 Å². The van der Waals surface area contributed by atoms with Gasteiger partial charge in [0.2, 0.25) is 0 Å². The Balaban J connectivity index is 1.47. The fourth-order valence-corrected chi connectivity index (χ4v) is 4.27. The number of pyridine rings is 1. The Morgan fingerprint density at radius 2 is 1.94 bits per heavy atom. The third-order valence-electron chi connectivity index (χ3n) is 5.97. The number of carbonyl (C=O) groups is 1. The minimum atomic E-state index is -0.669. The first-order valence-corrected chi connectivity index (χ1v) is 12.0. The summed E-state index contributed by atoms with van der Waals surface area (Å²) in [6, 6.07) is 15.0. The van der Waals surface area contributed by atoms with Gasteiger partial charge < -0.3 is 25.0 Å². The predicted molar refractivity (Wildman–Crippen MR) is 137 cm³/mol. The van der Waals surface area contributed by atoms with Gasteiger partial charge in [-0.25, -0.2) is 0 Å². The summed E-state index contributed by atoms with van der Waals surface area (Å²) < 4.78 is 6.86. The molecule has 8 nitrogen and oxygen atoms in total. The van der Waals surface area contributed by atoms with Crippen molar-refractivity contribution in [2.24, 2.45) is 11.1 Å². The molecule has 1 aliphatic rings. The molecule has 3 aromatic rings. The zero-order valence-electron chi connectivity index (χ0n) is 20.4. The predicted octanol–water partition coefficient (Wildman–Crippen LogP) is 4.86. The van der Waals surface area contributed by atoms with Crippen molar-refractivity contribution in [2.75, 3.05) is 23.9 Å². The van der Waals surface area contributed by atoms with Crippen LogP contribution in [0.4, 0.5) is 11.4 Å². The van der Waals surface area contributed by atoms with E-state index in [2.05, 4.69) is 29.2 Å². The van der Waals surface area contributed by atoms with Crippen LogP contribution in [-0.4, -0.2) is 31.5 Å². The van der Waals surface area contributed by atoms with Crippen LogP contribution in [0.3, 0.4) is 0 Å². The molecule has 0 unspecified atom stereocenters. The van der Waals surface area contributed by atoms with E-state index >= 15 is 0 Å². The highest BCUT2D eigenvalue weighted by Crippen LogP contribution is 2.25. The van der Waals surface area contributed by atoms with Gasteiger partial charge in [-0.05, 0) is 67.0 Å². The Morgan fingerprint density at radius 1 is 1.14 bits per heavy atom. The summed E-state index contributed by atoms with van der Waals surface area (Å²) in [6.45, 7) is 4.99. The summed E-state index contributed by atoms with van der Waals surface area (Å²) >= 11 is 0. The second-order valence-corrected chi connectivity index (χ2v) is 9.17. The maximum Gasteiger partial charge on any atom is 0.265 e. The average molecular weight is 477 g/mol. The van der Waals surface area contributed by atoms with E-state index in [0.717, 1.165) is 52.8 Å². The fraction of sp³-hybridized carbons (Fsp3) is 0.370. The third kappa shape index (κ3) is 6.20. The van der Waals surface area contributed by atoms with Crippen LogP contribution in [0.5, 0.6) is 5.75 Å². The molecule has 1 saturated heterocycles. The average Bonchev–Trinajstić information content (AvgIpc) is 2.84. The van der Waals surface area contributed by atoms with E-state index in [-0.39, 0.29) is 11.8 Å². The van der Waals surface area contributed by atoms with Gasteiger partial charge in [0.25, 0.3) is 5.91 Å². The van der Waals surface area contributed by atoms with Crippen molar-refractivity contribution in [3.8, 4) is 5.75 Å². The number of oxime groups is 1. The largest absolute Gasteiger partial charge is 0.619 e. The Hall–Kier alpha value is -3.81. The number of hydrogen-bond donors (Lipinski definition) is 1. The van der Waals surface area contributed by atoms with E-state index in [1.807, 2.05) is 36.4 Å². The lowest BCUT2D eigenvalue weighted by Gasteiger charge is -2.29. The van der Waals surface area contributed by atoms with Gasteiger partial charge in [-0.1, -0.05) is 25.1 Å². The number of anilines is 2. The van der Waals surface area contributed by atoms with Gasteiger partial charge in [0.1, 0.15) is 18.7 Å². The zero-order valence-corrected chi connectivity index (χ0v) is 20.4. The van der Waals surface area contributed by atoms with Crippen LogP contribution in [0.15, 0.2) is 66.1 Å². The Labute approximate surface area is 205 Å². The number of benzene rings is 2. The molecule has 4 rings (SSSR count). The smallest absolute Gasteiger partial charge is 0.265 e. The number of rotatable bonds is 8. The Kier molecular flexibility index (Phi) is 7.70. The molecule has 0 saturated carbocycles. The minimum Gasteiger partial charge on any atom is -0.619 e. The van der Waals surface area contributed by atoms with E-state index in [9.17, 15) is 10.0 Å². The van der Waals surface area contributed by atoms with Crippen molar-refractivity contribution in [3.05, 3.63) is 66.1 Å². The van der Waals surface area contributed by atoms with E-state index in [1.165, 1.54) is 12.4 Å². The molecule has 0 bridgehead atoms. The van der Waals surface area contributed by atoms with Crippen LogP contribution in [0, 0.1) is 11.1 Å². The topological polar surface area (TPSA) is 90.1 Å². The molecular weight excluding hydrogens is 444 g/mol. The maximum atomic E-state index is 13.2. The highest BCUT2D eigenvalue weighted by Gasteiger charge is 2.23. The molecule has 2 aromatic carbocycles. The molecule has 0 spiro atoms. The van der Waals surface area contributed by atoms with Crippen molar-refractivity contribution < 1.29 is 19.1 Å². The lowest BCUT2D eigenvalue weighted by Crippen LogP contribution is -2.35. The number of piperidine rings is 1. The molecule has 1 atom stereocenters. The summed E-state index contributed by atoms with van der Waals surface area (Å²) in [5, 5.41) is 20.5. The minimum absolute atomic E-state index is 0.210. The first kappa shape index (κ1) is 24.3. The number of amides is 1. The van der Waals surface area contributed by atoms with Crippen molar-refractivity contribution in [3.63, 3.8) is 0 Å². The number of aromatic nitrogens is 1. The van der Waals surface area contributed by atoms with Crippen molar-refractivity contribution in [1.82, 2.24) is 0 Å². The van der Waals surface area contributed by atoms with Gasteiger partial charge >= 0.3 is 0 Å². The Bertz CT molecular complexity index is 1190. The number of carbonyl (C=O) groups excluding carboxylic acids is 1. The van der Waals surface area contributed by atoms with E-state index in [1.54, 1.807) is 19.2 Å². The van der Waals surface area contributed by atoms with Crippen LogP contribution in [-0.2, 0) is 9.63 Å². The van der Waals surface area contributed by atoms with E-state index < -0.39 is 6.10 Å². The molecule has 1 aromatic heterocycles. The third-order valence-corrected chi connectivity index (χ3v) is 5.97. The summed E-state index contributed by atoms with van der Waals surface area (Å²) in [5.74, 6) is 1.52. The highest BCUT2D eigenvalue weighted by molar-refractivity contribution is 5.99. The SMILES string of the molecule is CON=C1CCCCN1c1ccc(NC(=O)[C@H](CC(C)C)Oc2ccc3cc[n+]([O-])cc3c2)cc1. The fourth-order valence-electron chi connectivity index (χ4n) is 4.27. The zero-order chi connectivity index (χ0) is 24.8. The van der Waals surface area contributed by atoms with Gasteiger partial charge in [0.15, 0.2) is 18.5 Å². The quantitative estimate of drug-likeness (QED) is 0.285. The van der Waals surface area contributed by atoms with Gasteiger partial charge in [-0.15, -0.1) is 0 Å². The molecular formula is C27H32N4O4. The van der Waals surface area contributed by atoms with E-state index in [0.29, 0.717) is 17.9 Å². The molecule has 35 heavy (non-hydrogen) atoms. The lowest BCUT2D eigenvalue weighted by atomic mass is 10.0. The van der Waals surface area contributed by atoms with Crippen LogP contribution >= 0.6 is 0 Å². The molecule has 0 radical (unpaired) electrons. The normalized spacial score (nSPS) is 15.9. The second-order valence-electron chi connectivity index (χ2n) is 9.17. The standard InChI is InChI=1S/C27H32N4O4/c1-19(2)16-25(35-24-12-7-20-13-15-30(33)18-21(20)17-24)27(32)28-22-8-10-23(11-9-22)31-14-5-4-6-26(31)29-34-3/h7-13,15,17-19,25H,4-6,14,16H2,1-3H3,(H,28,32)/t25-/m0/s1. The number of ether oxygens (including phenoxy) is 1. The first-order chi connectivity index (χ1) is 16.9. The van der Waals surface area contributed by atoms with Crippen molar-refractivity contribution in [2.45, 2.75) is 45.6 Å². The molecule has 1 amide bonds. The van der Waals surface area contributed by atoms with Crippen molar-refractivity contribution >= 4 is 33.9 Å². The first-order valence-electron chi connectivity index (χ1n) is 12.0. The van der Waals surface area contributed by atoms with Crippen LogP contribution in [0.2, 0.25) is 0 Å². The lowest BCUT2D eigenvalue weighted by molar-refractivity contribution is -0.603. The number of nitrogens with zero attached hydrogens (tertiary/aromatic N) is 3. The second kappa shape index (κ2) is 11.1. The van der Waals surface area contributed by atoms with Gasteiger partial charge in [-0.3, -0.25) is 4.79 Å². The molecule has 184 valence electrons. The van der Waals surface area contributed by atoms with Crippen molar-refractivity contribution in [1.29, 1.82) is 0 Å². The number of nitrogens with one attached hydrogen (secondary N) is 1. The number of amidine groups is 1. The molecule has 2 heterocycles. The van der Waals surface area contributed by atoms with Crippen LogP contribution in [0.1, 0.15) is 39.5 Å². The molecule has 8 heteroatoms. The summed E-state index contributed by atoms with van der Waals surface area (Å²) in [4.78, 5) is 20.3. The van der Waals surface area contributed by atoms with Gasteiger partial charge in [0.05, 0.1) is 5.39 Å². The van der Waals surface area contributed by atoms with Gasteiger partial charge in [0, 0.05) is 30.4 Å². The molecule has 1 aliphatic heterocycles. The summed E-state index contributed by atoms with van der Waals surface area (Å²) in [6.07, 6.45) is 5.91. The monoisotopic (exact) mass is 476 g/mol. The van der Waals surface area contributed by atoms with E-state index in [4.69, 9.17) is 9.57 Å². The summed E-state index contributed by atoms with van der Waals surface area (Å²) in [5.41, 5.74) is 1.71. The molecule has 1 fully saturated rings. The number of hydrogen-bond acceptors (Lipinski definition) is 5. The van der Waals surface area contributed by atoms with Crippen LogP contribution < -0.4 is 19.7 Å².